The highest BCUT2D eigenvalue weighted by atomic mass is 14.9. The largest absolute Gasteiger partial charge is 0.314 e. The fourth-order valence-corrected chi connectivity index (χ4v) is 1.62. The molecule has 0 aromatic carbocycles. The van der Waals surface area contributed by atoms with Crippen molar-refractivity contribution < 1.29 is 0 Å². The smallest absolute Gasteiger partial charge is 0.0684 e. The van der Waals surface area contributed by atoms with Crippen LogP contribution in [-0.2, 0) is 0 Å². The summed E-state index contributed by atoms with van der Waals surface area (Å²) in [5, 5.41) is 12.3. The van der Waals surface area contributed by atoms with E-state index in [1.54, 1.807) is 0 Å². The van der Waals surface area contributed by atoms with Crippen molar-refractivity contribution in [1.82, 2.24) is 5.32 Å². The Kier molecular flexibility index (Phi) is 3.95. The molecular formula is C12H22N2. The van der Waals surface area contributed by atoms with Crippen LogP contribution >= 0.6 is 0 Å². The van der Waals surface area contributed by atoms with Gasteiger partial charge in [0.05, 0.1) is 11.5 Å². The number of nitriles is 1. The van der Waals surface area contributed by atoms with Gasteiger partial charge in [0, 0.05) is 6.04 Å². The third kappa shape index (κ3) is 4.62. The fraction of sp³-hybridized carbons (Fsp3) is 0.917. The standard InChI is InChI=1S/C12H22N2/c1-10(8-11-4-5-11)14-7-6-12(2,3)9-13/h10-11,14H,4-8H2,1-3H3. The van der Waals surface area contributed by atoms with E-state index in [0.717, 1.165) is 18.9 Å². The molecule has 2 nitrogen and oxygen atoms in total. The Bertz CT molecular complexity index is 211. The van der Waals surface area contributed by atoms with Gasteiger partial charge in [-0.25, -0.2) is 0 Å². The maximum Gasteiger partial charge on any atom is 0.0684 e. The highest BCUT2D eigenvalue weighted by molar-refractivity contribution is 4.92. The van der Waals surface area contributed by atoms with E-state index in [1.807, 2.05) is 13.8 Å². The van der Waals surface area contributed by atoms with Crippen LogP contribution in [0, 0.1) is 22.7 Å². The molecule has 1 atom stereocenters. The van der Waals surface area contributed by atoms with Gasteiger partial charge in [-0.05, 0) is 46.1 Å². The van der Waals surface area contributed by atoms with Crippen LogP contribution in [0.25, 0.3) is 0 Å². The summed E-state index contributed by atoms with van der Waals surface area (Å²) in [5.41, 5.74) is -0.174. The Labute approximate surface area is 87.7 Å². The molecule has 1 aliphatic rings. The highest BCUT2D eigenvalue weighted by Crippen LogP contribution is 2.33. The van der Waals surface area contributed by atoms with Crippen LogP contribution in [0.15, 0.2) is 0 Å². The van der Waals surface area contributed by atoms with E-state index in [1.165, 1.54) is 19.3 Å². The van der Waals surface area contributed by atoms with Crippen LogP contribution in [0.4, 0.5) is 0 Å². The number of hydrogen-bond donors (Lipinski definition) is 1. The molecule has 1 fully saturated rings. The van der Waals surface area contributed by atoms with E-state index >= 15 is 0 Å². The van der Waals surface area contributed by atoms with Crippen molar-refractivity contribution in [2.75, 3.05) is 6.54 Å². The molecule has 0 heterocycles. The SMILES string of the molecule is CC(CC1CC1)NCCC(C)(C)C#N. The molecule has 0 bridgehead atoms. The molecule has 0 aliphatic heterocycles. The first-order valence-electron chi connectivity index (χ1n) is 5.68. The minimum Gasteiger partial charge on any atom is -0.314 e. The fourth-order valence-electron chi connectivity index (χ4n) is 1.62. The van der Waals surface area contributed by atoms with Crippen LogP contribution < -0.4 is 5.32 Å². The van der Waals surface area contributed by atoms with Crippen molar-refractivity contribution in [3.05, 3.63) is 0 Å². The van der Waals surface area contributed by atoms with E-state index in [4.69, 9.17) is 5.26 Å². The second kappa shape index (κ2) is 4.79. The monoisotopic (exact) mass is 194 g/mol. The van der Waals surface area contributed by atoms with Crippen molar-refractivity contribution >= 4 is 0 Å². The van der Waals surface area contributed by atoms with E-state index in [9.17, 15) is 0 Å². The average Bonchev–Trinajstić information content (AvgIpc) is 2.88. The lowest BCUT2D eigenvalue weighted by atomic mass is 9.91. The van der Waals surface area contributed by atoms with Gasteiger partial charge >= 0.3 is 0 Å². The molecule has 1 aliphatic carbocycles. The first kappa shape index (κ1) is 11.5. The van der Waals surface area contributed by atoms with Gasteiger partial charge < -0.3 is 5.32 Å². The second-order valence-corrected chi connectivity index (χ2v) is 5.28. The molecule has 0 aromatic heterocycles. The van der Waals surface area contributed by atoms with Crippen molar-refractivity contribution in [2.45, 2.75) is 52.5 Å². The van der Waals surface area contributed by atoms with Gasteiger partial charge in [0.15, 0.2) is 0 Å². The first-order chi connectivity index (χ1) is 6.53. The van der Waals surface area contributed by atoms with Crippen LogP contribution in [0.5, 0.6) is 0 Å². The molecule has 0 radical (unpaired) electrons. The Balaban J connectivity index is 2.05. The van der Waals surface area contributed by atoms with Gasteiger partial charge in [-0.3, -0.25) is 0 Å². The molecule has 2 heteroatoms. The predicted molar refractivity (Wildman–Crippen MR) is 58.8 cm³/mol. The molecule has 14 heavy (non-hydrogen) atoms. The number of hydrogen-bond acceptors (Lipinski definition) is 2. The molecule has 1 rings (SSSR count). The van der Waals surface area contributed by atoms with Gasteiger partial charge in [-0.1, -0.05) is 12.8 Å². The minimum atomic E-state index is -0.174. The molecule has 80 valence electrons. The summed E-state index contributed by atoms with van der Waals surface area (Å²) in [4.78, 5) is 0. The summed E-state index contributed by atoms with van der Waals surface area (Å²) in [7, 11) is 0. The normalized spacial score (nSPS) is 19.0. The van der Waals surface area contributed by atoms with Gasteiger partial charge in [0.2, 0.25) is 0 Å². The van der Waals surface area contributed by atoms with Crippen molar-refractivity contribution in [3.63, 3.8) is 0 Å². The molecule has 0 spiro atoms. The third-order valence-electron chi connectivity index (χ3n) is 2.93. The van der Waals surface area contributed by atoms with Crippen molar-refractivity contribution in [1.29, 1.82) is 5.26 Å². The molecular weight excluding hydrogens is 172 g/mol. The summed E-state index contributed by atoms with van der Waals surface area (Å²) < 4.78 is 0. The summed E-state index contributed by atoms with van der Waals surface area (Å²) in [5.74, 6) is 0.987. The first-order valence-corrected chi connectivity index (χ1v) is 5.68. The summed E-state index contributed by atoms with van der Waals surface area (Å²) in [6.45, 7) is 7.21. The van der Waals surface area contributed by atoms with Crippen molar-refractivity contribution in [2.24, 2.45) is 11.3 Å². The van der Waals surface area contributed by atoms with Gasteiger partial charge in [0.1, 0.15) is 0 Å². The zero-order chi connectivity index (χ0) is 10.6. The lowest BCUT2D eigenvalue weighted by molar-refractivity contribution is 0.401. The summed E-state index contributed by atoms with van der Waals surface area (Å²) in [6, 6.07) is 2.95. The lowest BCUT2D eigenvalue weighted by Crippen LogP contribution is -2.30. The van der Waals surface area contributed by atoms with Crippen LogP contribution in [-0.4, -0.2) is 12.6 Å². The lowest BCUT2D eigenvalue weighted by Gasteiger charge is -2.18. The Morgan fingerprint density at radius 3 is 2.64 bits per heavy atom. The number of rotatable bonds is 6. The topological polar surface area (TPSA) is 35.8 Å². The predicted octanol–water partition coefficient (Wildman–Crippen LogP) is 2.70. The molecule has 0 amide bonds. The van der Waals surface area contributed by atoms with Gasteiger partial charge in [0.25, 0.3) is 0 Å². The van der Waals surface area contributed by atoms with Crippen LogP contribution in [0.1, 0.15) is 46.5 Å². The van der Waals surface area contributed by atoms with Gasteiger partial charge in [-0.2, -0.15) is 5.26 Å². The third-order valence-corrected chi connectivity index (χ3v) is 2.93. The van der Waals surface area contributed by atoms with Crippen LogP contribution in [0.2, 0.25) is 0 Å². The maximum absolute atomic E-state index is 8.84. The van der Waals surface area contributed by atoms with E-state index in [2.05, 4.69) is 18.3 Å². The molecule has 1 N–H and O–H groups in total. The van der Waals surface area contributed by atoms with Crippen molar-refractivity contribution in [3.8, 4) is 6.07 Å². The van der Waals surface area contributed by atoms with E-state index < -0.39 is 0 Å². The van der Waals surface area contributed by atoms with Crippen LogP contribution in [0.3, 0.4) is 0 Å². The average molecular weight is 194 g/mol. The zero-order valence-corrected chi connectivity index (χ0v) is 9.64. The molecule has 1 unspecified atom stereocenters. The summed E-state index contributed by atoms with van der Waals surface area (Å²) in [6.07, 6.45) is 5.11. The Morgan fingerprint density at radius 2 is 2.14 bits per heavy atom. The molecule has 0 aromatic rings. The summed E-state index contributed by atoms with van der Waals surface area (Å²) >= 11 is 0. The minimum absolute atomic E-state index is 0.174. The van der Waals surface area contributed by atoms with E-state index in [0.29, 0.717) is 6.04 Å². The van der Waals surface area contributed by atoms with Gasteiger partial charge in [-0.15, -0.1) is 0 Å². The quantitative estimate of drug-likeness (QED) is 0.705. The number of nitrogens with one attached hydrogen (secondary N) is 1. The maximum atomic E-state index is 8.84. The number of nitrogens with zero attached hydrogens (tertiary/aromatic N) is 1. The zero-order valence-electron chi connectivity index (χ0n) is 9.64. The molecule has 1 saturated carbocycles. The highest BCUT2D eigenvalue weighted by Gasteiger charge is 2.23. The van der Waals surface area contributed by atoms with E-state index in [-0.39, 0.29) is 5.41 Å². The second-order valence-electron chi connectivity index (χ2n) is 5.28. The molecule has 0 saturated heterocycles. The Morgan fingerprint density at radius 1 is 1.50 bits per heavy atom. The Hall–Kier alpha value is -0.550.